The molecule has 0 radical (unpaired) electrons. The third kappa shape index (κ3) is 6.96. The van der Waals surface area contributed by atoms with Gasteiger partial charge in [0.1, 0.15) is 5.82 Å². The van der Waals surface area contributed by atoms with Crippen LogP contribution in [0, 0.1) is 15.9 Å². The number of carbonyl (C=O) groups excluding carboxylic acids is 1. The number of nitrogens with zero attached hydrogens (tertiary/aromatic N) is 4. The topological polar surface area (TPSA) is 103 Å². The predicted molar refractivity (Wildman–Crippen MR) is 161 cm³/mol. The molecular weight excluding hydrogens is 600 g/mol. The molecule has 0 fully saturated rings. The summed E-state index contributed by atoms with van der Waals surface area (Å²) in [4.78, 5) is 24.2. The van der Waals surface area contributed by atoms with Crippen LogP contribution in [0.25, 0.3) is 5.69 Å². The highest BCUT2D eigenvalue weighted by Gasteiger charge is 2.26. The Balaban J connectivity index is 1.55. The second kappa shape index (κ2) is 13.2. The number of benzene rings is 4. The van der Waals surface area contributed by atoms with Crippen molar-refractivity contribution in [3.8, 4) is 5.69 Å². The van der Waals surface area contributed by atoms with E-state index >= 15 is 0 Å². The zero-order chi connectivity index (χ0) is 29.6. The van der Waals surface area contributed by atoms with E-state index in [2.05, 4.69) is 15.5 Å². The molecule has 0 aliphatic heterocycles. The maximum absolute atomic E-state index is 13.4. The monoisotopic (exact) mass is 621 g/mol. The Bertz CT molecular complexity index is 1720. The van der Waals surface area contributed by atoms with Crippen LogP contribution in [0.5, 0.6) is 0 Å². The molecule has 5 aromatic rings. The van der Waals surface area contributed by atoms with E-state index in [0.29, 0.717) is 39.4 Å². The van der Waals surface area contributed by atoms with Crippen LogP contribution in [0.2, 0.25) is 10.0 Å². The van der Waals surface area contributed by atoms with Crippen LogP contribution in [0.1, 0.15) is 33.4 Å². The summed E-state index contributed by atoms with van der Waals surface area (Å²) in [6.07, 6.45) is 0.377. The van der Waals surface area contributed by atoms with Gasteiger partial charge in [0.2, 0.25) is 0 Å². The molecule has 0 saturated heterocycles. The van der Waals surface area contributed by atoms with E-state index in [1.54, 1.807) is 41.0 Å². The van der Waals surface area contributed by atoms with Crippen molar-refractivity contribution in [2.24, 2.45) is 0 Å². The number of nitro benzene ring substituents is 1. The van der Waals surface area contributed by atoms with Gasteiger partial charge in [-0.3, -0.25) is 19.5 Å². The zero-order valence-electron chi connectivity index (χ0n) is 21.8. The molecule has 0 aliphatic rings. The van der Waals surface area contributed by atoms with E-state index in [9.17, 15) is 19.3 Å². The van der Waals surface area contributed by atoms with E-state index in [1.165, 1.54) is 42.1 Å². The fourth-order valence-corrected chi connectivity index (χ4v) is 5.44. The van der Waals surface area contributed by atoms with Gasteiger partial charge in [0.15, 0.2) is 11.0 Å². The van der Waals surface area contributed by atoms with Crippen molar-refractivity contribution in [2.45, 2.75) is 23.4 Å². The van der Waals surface area contributed by atoms with Gasteiger partial charge in [-0.15, -0.1) is 10.2 Å². The van der Waals surface area contributed by atoms with Gasteiger partial charge in [0, 0.05) is 29.1 Å². The van der Waals surface area contributed by atoms with Gasteiger partial charge in [-0.1, -0.05) is 77.4 Å². The number of hydrogen-bond donors (Lipinski definition) is 1. The second-order valence-corrected chi connectivity index (χ2v) is 11.0. The van der Waals surface area contributed by atoms with Gasteiger partial charge >= 0.3 is 0 Å². The number of halogens is 3. The van der Waals surface area contributed by atoms with Crippen molar-refractivity contribution < 1.29 is 14.1 Å². The number of nitro groups is 1. The molecule has 0 aliphatic carbocycles. The lowest BCUT2D eigenvalue weighted by Gasteiger charge is -2.20. The van der Waals surface area contributed by atoms with E-state index in [-0.39, 0.29) is 16.5 Å². The highest BCUT2D eigenvalue weighted by molar-refractivity contribution is 7.98. The number of non-ortho nitro benzene ring substituents is 1. The average Bonchev–Trinajstić information content (AvgIpc) is 3.42. The van der Waals surface area contributed by atoms with E-state index in [1.807, 2.05) is 30.3 Å². The summed E-state index contributed by atoms with van der Waals surface area (Å²) >= 11 is 13.6. The van der Waals surface area contributed by atoms with E-state index < -0.39 is 16.9 Å². The number of rotatable bonds is 10. The zero-order valence-corrected chi connectivity index (χ0v) is 24.1. The second-order valence-electron chi connectivity index (χ2n) is 9.21. The molecule has 1 amide bonds. The Morgan fingerprint density at radius 3 is 2.31 bits per heavy atom. The standard InChI is InChI=1S/C30H22Cl2FN5O3S/c31-25-15-8-21(17-26(25)32)29(39)34-27(16-19-4-2-1-3-5-19)28-35-36-30(42-18-20-6-9-22(33)10-7-20)37(28)23-11-13-24(14-12-23)38(40)41/h1-15,17,27H,16,18H2,(H,34,39)/t27-/m1/s1. The van der Waals surface area contributed by atoms with Crippen LogP contribution in [0.3, 0.4) is 0 Å². The lowest BCUT2D eigenvalue weighted by molar-refractivity contribution is -0.384. The Hall–Kier alpha value is -4.25. The fourth-order valence-electron chi connectivity index (χ4n) is 4.23. The summed E-state index contributed by atoms with van der Waals surface area (Å²) in [5.41, 5.74) is 2.63. The first-order chi connectivity index (χ1) is 20.3. The minimum Gasteiger partial charge on any atom is -0.342 e. The first-order valence-corrected chi connectivity index (χ1v) is 14.4. The minimum atomic E-state index is -0.655. The molecule has 8 nitrogen and oxygen atoms in total. The predicted octanol–water partition coefficient (Wildman–Crippen LogP) is 7.63. The van der Waals surface area contributed by atoms with Gasteiger partial charge in [-0.05, 0) is 60.0 Å². The molecule has 0 unspecified atom stereocenters. The van der Waals surface area contributed by atoms with Crippen LogP contribution in [0.15, 0.2) is 102 Å². The molecule has 42 heavy (non-hydrogen) atoms. The molecule has 212 valence electrons. The van der Waals surface area contributed by atoms with Crippen LogP contribution < -0.4 is 5.32 Å². The number of hydrogen-bond acceptors (Lipinski definition) is 6. The smallest absolute Gasteiger partial charge is 0.269 e. The summed E-state index contributed by atoms with van der Waals surface area (Å²) in [6, 6.07) is 25.7. The number of thioether (sulfide) groups is 1. The summed E-state index contributed by atoms with van der Waals surface area (Å²) in [6.45, 7) is 0. The minimum absolute atomic E-state index is 0.0670. The quantitative estimate of drug-likeness (QED) is 0.0977. The highest BCUT2D eigenvalue weighted by Crippen LogP contribution is 2.30. The van der Waals surface area contributed by atoms with Crippen molar-refractivity contribution in [1.29, 1.82) is 0 Å². The summed E-state index contributed by atoms with van der Waals surface area (Å²) in [5, 5.41) is 24.3. The third-order valence-corrected chi connectivity index (χ3v) is 8.08. The van der Waals surface area contributed by atoms with Crippen LogP contribution in [0.4, 0.5) is 10.1 Å². The Morgan fingerprint density at radius 1 is 0.929 bits per heavy atom. The molecule has 12 heteroatoms. The maximum Gasteiger partial charge on any atom is 0.269 e. The lowest BCUT2D eigenvalue weighted by atomic mass is 10.0. The molecule has 1 atom stereocenters. The fraction of sp³-hybridized carbons (Fsp3) is 0.100. The molecule has 1 N–H and O–H groups in total. The molecule has 1 aromatic heterocycles. The van der Waals surface area contributed by atoms with Crippen LogP contribution in [-0.2, 0) is 12.2 Å². The van der Waals surface area contributed by atoms with Gasteiger partial charge in [-0.25, -0.2) is 4.39 Å². The van der Waals surface area contributed by atoms with Crippen molar-refractivity contribution in [2.75, 3.05) is 0 Å². The number of amides is 1. The van der Waals surface area contributed by atoms with Gasteiger partial charge in [0.25, 0.3) is 11.6 Å². The molecule has 1 heterocycles. The van der Waals surface area contributed by atoms with Gasteiger partial charge in [-0.2, -0.15) is 0 Å². The number of carbonyl (C=O) groups is 1. The molecule has 4 aromatic carbocycles. The summed E-state index contributed by atoms with van der Waals surface area (Å²) < 4.78 is 15.2. The van der Waals surface area contributed by atoms with Crippen LogP contribution in [-0.4, -0.2) is 25.6 Å². The van der Waals surface area contributed by atoms with E-state index in [0.717, 1.165) is 11.1 Å². The number of nitrogens with one attached hydrogen (secondary N) is 1. The van der Waals surface area contributed by atoms with E-state index in [4.69, 9.17) is 23.2 Å². The van der Waals surface area contributed by atoms with Crippen molar-refractivity contribution in [3.63, 3.8) is 0 Å². The lowest BCUT2D eigenvalue weighted by Crippen LogP contribution is -2.32. The first kappa shape index (κ1) is 29.2. The largest absolute Gasteiger partial charge is 0.342 e. The van der Waals surface area contributed by atoms with Crippen molar-refractivity contribution in [1.82, 2.24) is 20.1 Å². The Kier molecular flexibility index (Phi) is 9.16. The molecule has 5 rings (SSSR count). The maximum atomic E-state index is 13.4. The van der Waals surface area contributed by atoms with Crippen molar-refractivity contribution in [3.05, 3.63) is 146 Å². The number of aromatic nitrogens is 3. The normalized spacial score (nSPS) is 11.7. The van der Waals surface area contributed by atoms with Gasteiger partial charge < -0.3 is 5.32 Å². The van der Waals surface area contributed by atoms with Crippen LogP contribution >= 0.6 is 35.0 Å². The summed E-state index contributed by atoms with van der Waals surface area (Å²) in [5.74, 6) is 0.155. The Labute approximate surface area is 254 Å². The summed E-state index contributed by atoms with van der Waals surface area (Å²) in [7, 11) is 0. The SMILES string of the molecule is O=C(N[C@H](Cc1ccccc1)c1nnc(SCc2ccc(F)cc2)n1-c1ccc([N+](=O)[O-])cc1)c1ccc(Cl)c(Cl)c1. The Morgan fingerprint density at radius 2 is 1.64 bits per heavy atom. The third-order valence-electron chi connectivity index (χ3n) is 6.34. The van der Waals surface area contributed by atoms with Gasteiger partial charge in [0.05, 0.1) is 21.0 Å². The molecule has 0 saturated carbocycles. The highest BCUT2D eigenvalue weighted by atomic mass is 35.5. The van der Waals surface area contributed by atoms with Crippen molar-refractivity contribution >= 4 is 46.6 Å². The molecule has 0 spiro atoms. The molecular formula is C30H22Cl2FN5O3S. The average molecular weight is 623 g/mol. The molecule has 0 bridgehead atoms. The first-order valence-electron chi connectivity index (χ1n) is 12.7.